The number of anilines is 1. The lowest BCUT2D eigenvalue weighted by Crippen LogP contribution is -2.14. The van der Waals surface area contributed by atoms with E-state index in [-0.39, 0.29) is 5.91 Å². The molecule has 0 saturated heterocycles. The summed E-state index contributed by atoms with van der Waals surface area (Å²) in [5, 5.41) is 8.27. The van der Waals surface area contributed by atoms with Crippen LogP contribution in [0.1, 0.15) is 54.4 Å². The molecule has 2 aromatic heterocycles. The summed E-state index contributed by atoms with van der Waals surface area (Å²) >= 11 is 0. The lowest BCUT2D eigenvalue weighted by molar-refractivity contribution is 0.102. The Kier molecular flexibility index (Phi) is 5.13. The highest BCUT2D eigenvalue weighted by Crippen LogP contribution is 2.40. The third kappa shape index (κ3) is 3.77. The molecular formula is C22H26N4O3. The number of aromatic nitrogens is 3. The van der Waals surface area contributed by atoms with Crippen LogP contribution in [0.5, 0.6) is 11.5 Å². The maximum atomic E-state index is 13.2. The van der Waals surface area contributed by atoms with Gasteiger partial charge in [-0.1, -0.05) is 0 Å². The zero-order valence-corrected chi connectivity index (χ0v) is 17.3. The quantitative estimate of drug-likeness (QED) is 0.650. The summed E-state index contributed by atoms with van der Waals surface area (Å²) < 4.78 is 13.0. The third-order valence-corrected chi connectivity index (χ3v) is 5.03. The Hall–Kier alpha value is -3.09. The number of pyridine rings is 1. The van der Waals surface area contributed by atoms with Crippen molar-refractivity contribution in [3.63, 3.8) is 0 Å². The number of nitrogens with one attached hydrogen (secondary N) is 1. The Morgan fingerprint density at radius 1 is 1.17 bits per heavy atom. The SMILES string of the molecule is CCOc1ccc(NC(=O)c2cc(C3CC3)nc3c2c(C)nn3C)cc1OCC. The largest absolute Gasteiger partial charge is 0.490 e. The van der Waals surface area contributed by atoms with Crippen molar-refractivity contribution in [2.45, 2.75) is 39.5 Å². The second-order valence-corrected chi connectivity index (χ2v) is 7.26. The van der Waals surface area contributed by atoms with Crippen LogP contribution in [0.15, 0.2) is 24.3 Å². The van der Waals surface area contributed by atoms with Gasteiger partial charge in [-0.2, -0.15) is 5.10 Å². The smallest absolute Gasteiger partial charge is 0.256 e. The van der Waals surface area contributed by atoms with Gasteiger partial charge in [0.2, 0.25) is 0 Å². The zero-order valence-electron chi connectivity index (χ0n) is 17.3. The van der Waals surface area contributed by atoms with E-state index in [0.717, 1.165) is 35.3 Å². The molecule has 0 aliphatic heterocycles. The normalized spacial score (nSPS) is 13.5. The minimum absolute atomic E-state index is 0.179. The van der Waals surface area contributed by atoms with Gasteiger partial charge in [-0.25, -0.2) is 4.98 Å². The van der Waals surface area contributed by atoms with E-state index < -0.39 is 0 Å². The third-order valence-electron chi connectivity index (χ3n) is 5.03. The first-order valence-corrected chi connectivity index (χ1v) is 10.1. The van der Waals surface area contributed by atoms with Gasteiger partial charge in [-0.05, 0) is 51.8 Å². The van der Waals surface area contributed by atoms with Gasteiger partial charge in [0.1, 0.15) is 0 Å². The molecule has 1 saturated carbocycles. The van der Waals surface area contributed by atoms with Gasteiger partial charge in [0.05, 0.1) is 29.9 Å². The molecule has 1 aromatic carbocycles. The highest BCUT2D eigenvalue weighted by molar-refractivity contribution is 6.12. The van der Waals surface area contributed by atoms with E-state index in [1.54, 1.807) is 10.7 Å². The van der Waals surface area contributed by atoms with Crippen LogP contribution in [-0.4, -0.2) is 33.9 Å². The number of carbonyl (C=O) groups is 1. The van der Waals surface area contributed by atoms with Gasteiger partial charge in [-0.3, -0.25) is 9.48 Å². The standard InChI is InChI=1S/C22H26N4O3/c1-5-28-18-10-9-15(11-19(18)29-6-2)23-22(27)16-12-17(14-7-8-14)24-21-20(16)13(3)25-26(21)4/h9-12,14H,5-8H2,1-4H3,(H,23,27). The van der Waals surface area contributed by atoms with E-state index >= 15 is 0 Å². The summed E-state index contributed by atoms with van der Waals surface area (Å²) in [5.41, 5.74) is 3.77. The van der Waals surface area contributed by atoms with Crippen LogP contribution in [0.25, 0.3) is 11.0 Å². The average molecular weight is 394 g/mol. The Balaban J connectivity index is 1.70. The molecule has 0 unspecified atom stereocenters. The van der Waals surface area contributed by atoms with E-state index in [1.807, 2.05) is 46.0 Å². The van der Waals surface area contributed by atoms with Gasteiger partial charge in [0.15, 0.2) is 17.1 Å². The van der Waals surface area contributed by atoms with Gasteiger partial charge < -0.3 is 14.8 Å². The Labute approximate surface area is 170 Å². The van der Waals surface area contributed by atoms with Crippen LogP contribution >= 0.6 is 0 Å². The number of ether oxygens (including phenoxy) is 2. The number of nitrogens with zero attached hydrogens (tertiary/aromatic N) is 3. The molecule has 7 heteroatoms. The molecule has 7 nitrogen and oxygen atoms in total. The van der Waals surface area contributed by atoms with Crippen LogP contribution < -0.4 is 14.8 Å². The fourth-order valence-corrected chi connectivity index (χ4v) is 3.56. The molecule has 0 bridgehead atoms. The molecule has 0 radical (unpaired) electrons. The minimum Gasteiger partial charge on any atom is -0.490 e. The van der Waals surface area contributed by atoms with E-state index in [9.17, 15) is 4.79 Å². The van der Waals surface area contributed by atoms with Crippen LogP contribution in [0.2, 0.25) is 0 Å². The second kappa shape index (κ2) is 7.73. The summed E-state index contributed by atoms with van der Waals surface area (Å²) in [6.07, 6.45) is 2.24. The summed E-state index contributed by atoms with van der Waals surface area (Å²) in [6.45, 7) is 6.81. The highest BCUT2D eigenvalue weighted by atomic mass is 16.5. The monoisotopic (exact) mass is 394 g/mol. The van der Waals surface area contributed by atoms with Crippen molar-refractivity contribution in [2.24, 2.45) is 7.05 Å². The molecule has 29 heavy (non-hydrogen) atoms. The molecule has 4 rings (SSSR count). The van der Waals surface area contributed by atoms with Crippen molar-refractivity contribution in [2.75, 3.05) is 18.5 Å². The Morgan fingerprint density at radius 3 is 2.59 bits per heavy atom. The lowest BCUT2D eigenvalue weighted by Gasteiger charge is -2.13. The maximum Gasteiger partial charge on any atom is 0.256 e. The minimum atomic E-state index is -0.179. The first-order chi connectivity index (χ1) is 14.0. The van der Waals surface area contributed by atoms with Crippen LogP contribution in [0.4, 0.5) is 5.69 Å². The molecule has 3 aromatic rings. The maximum absolute atomic E-state index is 13.2. The Bertz CT molecular complexity index is 1070. The molecule has 0 atom stereocenters. The first kappa shape index (κ1) is 19.2. The van der Waals surface area contributed by atoms with Crippen molar-refractivity contribution in [3.8, 4) is 11.5 Å². The van der Waals surface area contributed by atoms with Crippen molar-refractivity contribution in [3.05, 3.63) is 41.2 Å². The molecule has 152 valence electrons. The van der Waals surface area contributed by atoms with Gasteiger partial charge in [0.25, 0.3) is 5.91 Å². The molecule has 1 aliphatic carbocycles. The number of aryl methyl sites for hydroxylation is 2. The first-order valence-electron chi connectivity index (χ1n) is 10.1. The number of fused-ring (bicyclic) bond motifs is 1. The molecule has 1 fully saturated rings. The average Bonchev–Trinajstić information content (AvgIpc) is 3.50. The summed E-state index contributed by atoms with van der Waals surface area (Å²) in [6, 6.07) is 7.35. The van der Waals surface area contributed by atoms with Crippen LogP contribution in [-0.2, 0) is 7.05 Å². The van der Waals surface area contributed by atoms with E-state index in [2.05, 4.69) is 10.4 Å². The topological polar surface area (TPSA) is 78.3 Å². The van der Waals surface area contributed by atoms with Crippen LogP contribution in [0, 0.1) is 6.92 Å². The molecule has 0 spiro atoms. The van der Waals surface area contributed by atoms with Crippen LogP contribution in [0.3, 0.4) is 0 Å². The van der Waals surface area contributed by atoms with Crippen molar-refractivity contribution in [1.82, 2.24) is 14.8 Å². The van der Waals surface area contributed by atoms with Crippen molar-refractivity contribution < 1.29 is 14.3 Å². The zero-order chi connectivity index (χ0) is 20.5. The number of rotatable bonds is 7. The predicted molar refractivity (Wildman–Crippen MR) is 112 cm³/mol. The number of amides is 1. The van der Waals surface area contributed by atoms with Crippen molar-refractivity contribution in [1.29, 1.82) is 0 Å². The fourth-order valence-electron chi connectivity index (χ4n) is 3.56. The van der Waals surface area contributed by atoms with E-state index in [1.165, 1.54) is 0 Å². The fraction of sp³-hybridized carbons (Fsp3) is 0.409. The summed E-state index contributed by atoms with van der Waals surface area (Å²) in [5.74, 6) is 1.54. The van der Waals surface area contributed by atoms with Gasteiger partial charge >= 0.3 is 0 Å². The molecule has 1 amide bonds. The lowest BCUT2D eigenvalue weighted by atomic mass is 10.1. The number of benzene rings is 1. The summed E-state index contributed by atoms with van der Waals surface area (Å²) in [4.78, 5) is 18.0. The van der Waals surface area contributed by atoms with Crippen molar-refractivity contribution >= 4 is 22.6 Å². The highest BCUT2D eigenvalue weighted by Gasteiger charge is 2.28. The predicted octanol–water partition coefficient (Wildman–Crippen LogP) is 4.20. The molecule has 1 N–H and O–H groups in total. The van der Waals surface area contributed by atoms with E-state index in [0.29, 0.717) is 41.9 Å². The number of hydrogen-bond donors (Lipinski definition) is 1. The summed E-state index contributed by atoms with van der Waals surface area (Å²) in [7, 11) is 1.86. The molecular weight excluding hydrogens is 368 g/mol. The Morgan fingerprint density at radius 2 is 1.90 bits per heavy atom. The number of hydrogen-bond acceptors (Lipinski definition) is 5. The molecule has 1 aliphatic rings. The van der Waals surface area contributed by atoms with E-state index in [4.69, 9.17) is 14.5 Å². The van der Waals surface area contributed by atoms with Gasteiger partial charge in [0, 0.05) is 30.4 Å². The number of carbonyl (C=O) groups excluding carboxylic acids is 1. The van der Waals surface area contributed by atoms with Gasteiger partial charge in [-0.15, -0.1) is 0 Å². The molecule has 2 heterocycles. The second-order valence-electron chi connectivity index (χ2n) is 7.26.